The maximum Gasteiger partial charge on any atom is 0.387 e. The van der Waals surface area contributed by atoms with Crippen LogP contribution in [0.15, 0.2) is 18.2 Å². The summed E-state index contributed by atoms with van der Waals surface area (Å²) in [4.78, 5) is 0. The minimum Gasteiger partial charge on any atom is -0.508 e. The Kier molecular flexibility index (Phi) is 2.89. The molecule has 0 atom stereocenters. The van der Waals surface area contributed by atoms with Crippen LogP contribution in [0.5, 0.6) is 17.2 Å². The molecule has 1 rings (SSSR count). The third-order valence-electron chi connectivity index (χ3n) is 1.33. The molecule has 0 aromatic heterocycles. The van der Waals surface area contributed by atoms with Crippen LogP contribution in [-0.2, 0) is 0 Å². The normalized spacial score (nSPS) is 10.2. The molecule has 0 saturated carbocycles. The first-order valence-electron chi connectivity index (χ1n) is 3.44. The lowest BCUT2D eigenvalue weighted by Crippen LogP contribution is -2.01. The number of benzene rings is 1. The molecule has 0 aliphatic rings. The zero-order chi connectivity index (χ0) is 9.84. The molecule has 0 fully saturated rings. The number of methoxy groups -OCH3 is 1. The minimum atomic E-state index is -2.91. The van der Waals surface area contributed by atoms with E-state index in [1.807, 2.05) is 0 Å². The third-order valence-corrected chi connectivity index (χ3v) is 1.33. The van der Waals surface area contributed by atoms with E-state index in [0.29, 0.717) is 0 Å². The van der Waals surface area contributed by atoms with Crippen molar-refractivity contribution >= 4 is 0 Å². The van der Waals surface area contributed by atoms with Crippen LogP contribution in [0, 0.1) is 0 Å². The van der Waals surface area contributed by atoms with Crippen LogP contribution in [0.25, 0.3) is 0 Å². The lowest BCUT2D eigenvalue weighted by molar-refractivity contribution is -0.0500. The molecule has 72 valence electrons. The highest BCUT2D eigenvalue weighted by Crippen LogP contribution is 2.27. The number of halogens is 2. The molecular weight excluding hydrogens is 182 g/mol. The van der Waals surface area contributed by atoms with Gasteiger partial charge in [-0.2, -0.15) is 8.78 Å². The van der Waals surface area contributed by atoms with Crippen LogP contribution in [0.4, 0.5) is 8.78 Å². The fraction of sp³-hybridized carbons (Fsp3) is 0.250. The maximum atomic E-state index is 11.7. The molecule has 0 radical (unpaired) electrons. The van der Waals surface area contributed by atoms with E-state index in [9.17, 15) is 8.78 Å². The van der Waals surface area contributed by atoms with Crippen molar-refractivity contribution in [2.75, 3.05) is 7.11 Å². The number of hydrogen-bond donors (Lipinski definition) is 1. The van der Waals surface area contributed by atoms with Gasteiger partial charge in [-0.25, -0.2) is 0 Å². The van der Waals surface area contributed by atoms with E-state index in [-0.39, 0.29) is 17.2 Å². The molecule has 1 aromatic carbocycles. The topological polar surface area (TPSA) is 38.7 Å². The highest BCUT2D eigenvalue weighted by Gasteiger charge is 2.06. The van der Waals surface area contributed by atoms with Crippen molar-refractivity contribution in [3.05, 3.63) is 18.2 Å². The number of alkyl halides is 2. The summed E-state index contributed by atoms with van der Waals surface area (Å²) < 4.78 is 32.3. The molecule has 5 heteroatoms. The summed E-state index contributed by atoms with van der Waals surface area (Å²) in [6, 6.07) is 3.62. The molecule has 0 saturated heterocycles. The smallest absolute Gasteiger partial charge is 0.387 e. The first-order chi connectivity index (χ1) is 6.11. The number of rotatable bonds is 3. The molecule has 0 unspecified atom stereocenters. The van der Waals surface area contributed by atoms with E-state index in [4.69, 9.17) is 9.84 Å². The fourth-order valence-corrected chi connectivity index (χ4v) is 0.845. The predicted molar refractivity (Wildman–Crippen MR) is 41.3 cm³/mol. The standard InChI is InChI=1S/C8H8F2O3/c1-12-6-2-5(11)3-7(4-6)13-8(9)10/h2-4,8,11H,1H3. The first-order valence-corrected chi connectivity index (χ1v) is 3.44. The highest BCUT2D eigenvalue weighted by molar-refractivity contribution is 5.41. The van der Waals surface area contributed by atoms with Gasteiger partial charge in [-0.15, -0.1) is 0 Å². The van der Waals surface area contributed by atoms with Crippen LogP contribution in [0.3, 0.4) is 0 Å². The van der Waals surface area contributed by atoms with Gasteiger partial charge in [0.15, 0.2) is 0 Å². The highest BCUT2D eigenvalue weighted by atomic mass is 19.3. The van der Waals surface area contributed by atoms with Crippen molar-refractivity contribution in [1.82, 2.24) is 0 Å². The van der Waals surface area contributed by atoms with E-state index < -0.39 is 6.61 Å². The van der Waals surface area contributed by atoms with E-state index in [1.165, 1.54) is 19.2 Å². The zero-order valence-corrected chi connectivity index (χ0v) is 6.83. The van der Waals surface area contributed by atoms with Gasteiger partial charge in [-0.05, 0) is 0 Å². The van der Waals surface area contributed by atoms with Crippen molar-refractivity contribution in [1.29, 1.82) is 0 Å². The van der Waals surface area contributed by atoms with Gasteiger partial charge in [0.05, 0.1) is 7.11 Å². The van der Waals surface area contributed by atoms with Crippen molar-refractivity contribution in [3.63, 3.8) is 0 Å². The largest absolute Gasteiger partial charge is 0.508 e. The molecule has 0 amide bonds. The summed E-state index contributed by atoms with van der Waals surface area (Å²) in [6.07, 6.45) is 0. The Morgan fingerprint density at radius 2 is 1.85 bits per heavy atom. The van der Waals surface area contributed by atoms with E-state index in [2.05, 4.69) is 4.74 Å². The predicted octanol–water partition coefficient (Wildman–Crippen LogP) is 2.00. The molecule has 0 aliphatic carbocycles. The monoisotopic (exact) mass is 190 g/mol. The Bertz CT molecular complexity index is 289. The summed E-state index contributed by atoms with van der Waals surface area (Å²) in [5, 5.41) is 9.03. The number of aromatic hydroxyl groups is 1. The molecular formula is C8H8F2O3. The van der Waals surface area contributed by atoms with Gasteiger partial charge in [0, 0.05) is 18.2 Å². The van der Waals surface area contributed by atoms with Crippen molar-refractivity contribution < 1.29 is 23.4 Å². The Balaban J connectivity index is 2.88. The number of phenols is 1. The first kappa shape index (κ1) is 9.57. The van der Waals surface area contributed by atoms with Crippen LogP contribution in [0.1, 0.15) is 0 Å². The Labute approximate surface area is 73.5 Å². The van der Waals surface area contributed by atoms with Crippen molar-refractivity contribution in [2.24, 2.45) is 0 Å². The van der Waals surface area contributed by atoms with E-state index >= 15 is 0 Å². The number of hydrogen-bond acceptors (Lipinski definition) is 3. The molecule has 3 nitrogen and oxygen atoms in total. The molecule has 0 bridgehead atoms. The van der Waals surface area contributed by atoms with Crippen LogP contribution < -0.4 is 9.47 Å². The van der Waals surface area contributed by atoms with Crippen LogP contribution in [-0.4, -0.2) is 18.8 Å². The average molecular weight is 190 g/mol. The summed E-state index contributed by atoms with van der Waals surface area (Å²) >= 11 is 0. The minimum absolute atomic E-state index is 0.133. The van der Waals surface area contributed by atoms with Gasteiger partial charge in [-0.1, -0.05) is 0 Å². The van der Waals surface area contributed by atoms with Gasteiger partial charge in [0.1, 0.15) is 17.2 Å². The van der Waals surface area contributed by atoms with Gasteiger partial charge >= 0.3 is 6.61 Å². The molecule has 1 aromatic rings. The quantitative estimate of drug-likeness (QED) is 0.792. The second-order valence-corrected chi connectivity index (χ2v) is 2.25. The number of phenolic OH excluding ortho intramolecular Hbond substituents is 1. The molecule has 13 heavy (non-hydrogen) atoms. The summed E-state index contributed by atoms with van der Waals surface area (Å²) in [5.41, 5.74) is 0. The molecule has 1 N–H and O–H groups in total. The van der Waals surface area contributed by atoms with E-state index in [0.717, 1.165) is 6.07 Å². The van der Waals surface area contributed by atoms with Gasteiger partial charge in [0.25, 0.3) is 0 Å². The Morgan fingerprint density at radius 3 is 2.38 bits per heavy atom. The van der Waals surface area contributed by atoms with Crippen molar-refractivity contribution in [2.45, 2.75) is 6.61 Å². The van der Waals surface area contributed by atoms with Crippen LogP contribution in [0.2, 0.25) is 0 Å². The second kappa shape index (κ2) is 3.93. The van der Waals surface area contributed by atoms with Gasteiger partial charge < -0.3 is 14.6 Å². The van der Waals surface area contributed by atoms with Crippen molar-refractivity contribution in [3.8, 4) is 17.2 Å². The lowest BCUT2D eigenvalue weighted by atomic mass is 10.3. The maximum absolute atomic E-state index is 11.7. The lowest BCUT2D eigenvalue weighted by Gasteiger charge is -2.06. The Morgan fingerprint density at radius 1 is 1.23 bits per heavy atom. The number of ether oxygens (including phenoxy) is 2. The summed E-state index contributed by atoms with van der Waals surface area (Å²) in [5.74, 6) is -0.0579. The fourth-order valence-electron chi connectivity index (χ4n) is 0.845. The molecule has 0 heterocycles. The molecule has 0 aliphatic heterocycles. The summed E-state index contributed by atoms with van der Waals surface area (Å²) in [6.45, 7) is -2.91. The summed E-state index contributed by atoms with van der Waals surface area (Å²) in [7, 11) is 1.36. The van der Waals surface area contributed by atoms with Gasteiger partial charge in [0.2, 0.25) is 0 Å². The van der Waals surface area contributed by atoms with E-state index in [1.54, 1.807) is 0 Å². The molecule has 0 spiro atoms. The second-order valence-electron chi connectivity index (χ2n) is 2.25. The Hall–Kier alpha value is -1.52. The van der Waals surface area contributed by atoms with Crippen LogP contribution >= 0.6 is 0 Å². The van der Waals surface area contributed by atoms with Gasteiger partial charge in [-0.3, -0.25) is 0 Å². The SMILES string of the molecule is COc1cc(O)cc(OC(F)F)c1. The average Bonchev–Trinajstić information content (AvgIpc) is 2.01. The third kappa shape index (κ3) is 2.77. The zero-order valence-electron chi connectivity index (χ0n) is 6.83.